The van der Waals surface area contributed by atoms with Gasteiger partial charge in [0.25, 0.3) is 5.91 Å². The zero-order chi connectivity index (χ0) is 35.9. The molecule has 6 rings (SSSR count). The third-order valence-corrected chi connectivity index (χ3v) is 9.71. The lowest BCUT2D eigenvalue weighted by Crippen LogP contribution is -2.41. The number of ether oxygens (including phenoxy) is 3. The van der Waals surface area contributed by atoms with Crippen molar-refractivity contribution in [3.8, 4) is 17.2 Å². The van der Waals surface area contributed by atoms with Crippen LogP contribution in [0, 0.1) is 5.82 Å². The molecule has 2 heterocycles. The fourth-order valence-corrected chi connectivity index (χ4v) is 6.90. The number of carbonyl (C=O) groups is 1. The van der Waals surface area contributed by atoms with E-state index in [1.165, 1.54) is 33.5 Å². The number of rotatable bonds is 14. The van der Waals surface area contributed by atoms with Gasteiger partial charge in [-0.2, -0.15) is 0 Å². The number of anilines is 1. The molecule has 1 fully saturated rings. The van der Waals surface area contributed by atoms with Gasteiger partial charge in [0.2, 0.25) is 18.0 Å². The number of halogens is 2. The van der Waals surface area contributed by atoms with Crippen molar-refractivity contribution in [1.82, 2.24) is 19.4 Å². The standard InChI is InChI=1S/C40H45F2N5O4/c1-45(39(48)30-24-35(49-2)37(51-4)36(25-30)50-3)26-29(27-14-16-31(41)17-15-27)18-21-46-22-19-32(20-23-46)43-40-44-33-12-8-9-13-34(33)47(40)38(42)28-10-6-5-7-11-28/h5-17,24-25,29,32,38H,18-23,26H2,1-4H3,(H,43,44). The Morgan fingerprint density at radius 1 is 0.902 bits per heavy atom. The minimum atomic E-state index is -1.37. The van der Waals surface area contributed by atoms with E-state index in [1.807, 2.05) is 42.5 Å². The molecular formula is C40H45F2N5O4. The van der Waals surface area contributed by atoms with Crippen molar-refractivity contribution in [2.24, 2.45) is 0 Å². The normalized spacial score (nSPS) is 14.9. The Hall–Kier alpha value is -5.16. The molecule has 9 nitrogen and oxygen atoms in total. The smallest absolute Gasteiger partial charge is 0.253 e. The maximum atomic E-state index is 16.0. The zero-order valence-corrected chi connectivity index (χ0v) is 29.5. The van der Waals surface area contributed by atoms with Crippen LogP contribution in [0.25, 0.3) is 11.0 Å². The molecule has 268 valence electrons. The predicted octanol–water partition coefficient (Wildman–Crippen LogP) is 7.54. The number of benzene rings is 4. The molecular weight excluding hydrogens is 652 g/mol. The second-order valence-electron chi connectivity index (χ2n) is 12.9. The molecule has 1 aliphatic rings. The largest absolute Gasteiger partial charge is 0.493 e. The lowest BCUT2D eigenvalue weighted by molar-refractivity contribution is 0.0781. The van der Waals surface area contributed by atoms with Gasteiger partial charge in [-0.05, 0) is 67.8 Å². The van der Waals surface area contributed by atoms with Gasteiger partial charge in [0.15, 0.2) is 11.5 Å². The molecule has 2 unspecified atom stereocenters. The number of alkyl halides is 1. The van der Waals surface area contributed by atoms with Crippen LogP contribution >= 0.6 is 0 Å². The Labute approximate surface area is 297 Å². The summed E-state index contributed by atoms with van der Waals surface area (Å²) in [6.07, 6.45) is 1.13. The van der Waals surface area contributed by atoms with Crippen LogP contribution < -0.4 is 19.5 Å². The number of likely N-dealkylation sites (N-methyl/N-ethyl adjacent to an activating group) is 1. The average Bonchev–Trinajstić information content (AvgIpc) is 3.54. The highest BCUT2D eigenvalue weighted by atomic mass is 19.1. The van der Waals surface area contributed by atoms with Gasteiger partial charge in [-0.25, -0.2) is 13.8 Å². The van der Waals surface area contributed by atoms with E-state index in [0.717, 1.165) is 55.5 Å². The van der Waals surface area contributed by atoms with Crippen LogP contribution in [-0.2, 0) is 0 Å². The van der Waals surface area contributed by atoms with Crippen molar-refractivity contribution in [2.75, 3.05) is 59.9 Å². The minimum Gasteiger partial charge on any atom is -0.493 e. The highest BCUT2D eigenvalue weighted by Crippen LogP contribution is 2.39. The Kier molecular flexibility index (Phi) is 11.4. The number of piperidine rings is 1. The van der Waals surface area contributed by atoms with Crippen LogP contribution in [-0.4, -0.2) is 85.9 Å². The monoisotopic (exact) mass is 697 g/mol. The van der Waals surface area contributed by atoms with Crippen molar-refractivity contribution < 1.29 is 27.8 Å². The van der Waals surface area contributed by atoms with E-state index >= 15 is 4.39 Å². The van der Waals surface area contributed by atoms with Crippen LogP contribution in [0.3, 0.4) is 0 Å². The van der Waals surface area contributed by atoms with Gasteiger partial charge in [0.1, 0.15) is 5.82 Å². The first kappa shape index (κ1) is 35.7. The third-order valence-electron chi connectivity index (χ3n) is 9.71. The topological polar surface area (TPSA) is 81.1 Å². The minimum absolute atomic E-state index is 0.0307. The number of likely N-dealkylation sites (tertiary alicyclic amines) is 1. The Bertz CT molecular complexity index is 1890. The molecule has 0 saturated carbocycles. The molecule has 0 aliphatic carbocycles. The summed E-state index contributed by atoms with van der Waals surface area (Å²) in [6.45, 7) is 2.94. The van der Waals surface area contributed by atoms with Gasteiger partial charge in [-0.3, -0.25) is 9.36 Å². The summed E-state index contributed by atoms with van der Waals surface area (Å²) in [7, 11) is 6.32. The molecule has 1 amide bonds. The highest BCUT2D eigenvalue weighted by molar-refractivity contribution is 5.95. The maximum Gasteiger partial charge on any atom is 0.253 e. The number of methoxy groups -OCH3 is 3. The number of nitrogens with zero attached hydrogens (tertiary/aromatic N) is 4. The fraction of sp³-hybridized carbons (Fsp3) is 0.350. The van der Waals surface area contributed by atoms with E-state index in [9.17, 15) is 9.18 Å². The molecule has 4 aromatic carbocycles. The van der Waals surface area contributed by atoms with Crippen LogP contribution in [0.4, 0.5) is 14.7 Å². The van der Waals surface area contributed by atoms with Crippen LogP contribution in [0.5, 0.6) is 17.2 Å². The van der Waals surface area contributed by atoms with E-state index in [-0.39, 0.29) is 23.7 Å². The van der Waals surface area contributed by atoms with E-state index in [1.54, 1.807) is 52.9 Å². The number of amides is 1. The molecule has 0 radical (unpaired) electrons. The van der Waals surface area contributed by atoms with E-state index in [4.69, 9.17) is 19.2 Å². The first-order chi connectivity index (χ1) is 24.8. The van der Waals surface area contributed by atoms with E-state index in [0.29, 0.717) is 40.9 Å². The van der Waals surface area contributed by atoms with Gasteiger partial charge >= 0.3 is 0 Å². The molecule has 1 saturated heterocycles. The summed E-state index contributed by atoms with van der Waals surface area (Å²) in [6, 6.07) is 26.7. The molecule has 51 heavy (non-hydrogen) atoms. The van der Waals surface area contributed by atoms with Gasteiger partial charge in [-0.1, -0.05) is 54.6 Å². The van der Waals surface area contributed by atoms with Crippen molar-refractivity contribution in [3.05, 3.63) is 114 Å². The third kappa shape index (κ3) is 8.09. The van der Waals surface area contributed by atoms with Gasteiger partial charge in [0, 0.05) is 49.8 Å². The Morgan fingerprint density at radius 3 is 2.20 bits per heavy atom. The maximum absolute atomic E-state index is 16.0. The summed E-state index contributed by atoms with van der Waals surface area (Å²) in [5, 5.41) is 3.56. The summed E-state index contributed by atoms with van der Waals surface area (Å²) in [5.74, 6) is 1.23. The first-order valence-electron chi connectivity index (χ1n) is 17.2. The van der Waals surface area contributed by atoms with E-state index in [2.05, 4.69) is 10.2 Å². The number of carbonyl (C=O) groups excluding carboxylic acids is 1. The highest BCUT2D eigenvalue weighted by Gasteiger charge is 2.27. The molecule has 2 atom stereocenters. The van der Waals surface area contributed by atoms with Gasteiger partial charge in [-0.15, -0.1) is 0 Å². The van der Waals surface area contributed by atoms with Crippen molar-refractivity contribution in [3.63, 3.8) is 0 Å². The van der Waals surface area contributed by atoms with Gasteiger partial charge in [0.05, 0.1) is 32.4 Å². The Morgan fingerprint density at radius 2 is 1.55 bits per heavy atom. The van der Waals surface area contributed by atoms with Crippen molar-refractivity contribution in [1.29, 1.82) is 0 Å². The first-order valence-corrected chi connectivity index (χ1v) is 17.2. The average molecular weight is 698 g/mol. The molecule has 0 bridgehead atoms. The summed E-state index contributed by atoms with van der Waals surface area (Å²) in [4.78, 5) is 22.5. The molecule has 1 N–H and O–H groups in total. The van der Waals surface area contributed by atoms with Crippen molar-refractivity contribution >= 4 is 22.9 Å². The Balaban J connectivity index is 1.11. The summed E-state index contributed by atoms with van der Waals surface area (Å²) >= 11 is 0. The number of imidazole rings is 1. The summed E-state index contributed by atoms with van der Waals surface area (Å²) < 4.78 is 47.9. The van der Waals surface area contributed by atoms with Crippen LogP contribution in [0.2, 0.25) is 0 Å². The number of fused-ring (bicyclic) bond motifs is 1. The zero-order valence-electron chi connectivity index (χ0n) is 29.5. The molecule has 1 aliphatic heterocycles. The van der Waals surface area contributed by atoms with Crippen LogP contribution in [0.1, 0.15) is 53.0 Å². The number of para-hydroxylation sites is 2. The molecule has 5 aromatic rings. The second-order valence-corrected chi connectivity index (χ2v) is 12.9. The SMILES string of the molecule is COc1cc(C(=O)N(C)CC(CCN2CCC(Nc3nc4ccccc4n3C(F)c3ccccc3)CC2)c2ccc(F)cc2)cc(OC)c1OC. The van der Waals surface area contributed by atoms with Crippen LogP contribution in [0.15, 0.2) is 91.0 Å². The predicted molar refractivity (Wildman–Crippen MR) is 195 cm³/mol. The quantitative estimate of drug-likeness (QED) is 0.128. The lowest BCUT2D eigenvalue weighted by atomic mass is 9.94. The van der Waals surface area contributed by atoms with Crippen molar-refractivity contribution in [2.45, 2.75) is 37.5 Å². The lowest BCUT2D eigenvalue weighted by Gasteiger charge is -2.34. The number of aromatic nitrogens is 2. The number of hydrogen-bond acceptors (Lipinski definition) is 7. The number of nitrogens with one attached hydrogen (secondary N) is 1. The molecule has 0 spiro atoms. The van der Waals surface area contributed by atoms with E-state index < -0.39 is 6.30 Å². The second kappa shape index (κ2) is 16.2. The molecule has 1 aromatic heterocycles. The molecule has 11 heteroatoms. The number of hydrogen-bond donors (Lipinski definition) is 1. The van der Waals surface area contributed by atoms with Gasteiger partial charge < -0.3 is 29.3 Å². The summed E-state index contributed by atoms with van der Waals surface area (Å²) in [5.41, 5.74) is 3.45. The fourth-order valence-electron chi connectivity index (χ4n) is 6.90.